The molecule has 0 aromatic heterocycles. The third-order valence-electron chi connectivity index (χ3n) is 4.73. The Morgan fingerprint density at radius 2 is 1.64 bits per heavy atom. The average molecular weight is 386 g/mol. The van der Waals surface area contributed by atoms with Gasteiger partial charge in [0.1, 0.15) is 29.3 Å². The summed E-state index contributed by atoms with van der Waals surface area (Å²) in [5.41, 5.74) is -0.661. The van der Waals surface area contributed by atoms with Crippen LogP contribution in [0.15, 0.2) is 48.5 Å². The summed E-state index contributed by atoms with van der Waals surface area (Å²) >= 11 is 0. The number of ether oxygens (including phenoxy) is 2. The number of hydrogen-bond acceptors (Lipinski definition) is 4. The van der Waals surface area contributed by atoms with Crippen molar-refractivity contribution in [1.82, 2.24) is 10.6 Å². The largest absolute Gasteiger partial charge is 0.497 e. The predicted octanol–water partition coefficient (Wildman–Crippen LogP) is 2.43. The molecule has 2 aromatic rings. The summed E-state index contributed by atoms with van der Waals surface area (Å²) in [6, 6.07) is 13.4. The first-order chi connectivity index (χ1) is 13.5. The summed E-state index contributed by atoms with van der Waals surface area (Å²) < 4.78 is 24.3. The van der Waals surface area contributed by atoms with Crippen molar-refractivity contribution in [3.05, 3.63) is 59.9 Å². The molecular weight excluding hydrogens is 363 g/mol. The Kier molecular flexibility index (Phi) is 6.13. The molecule has 7 heteroatoms. The van der Waals surface area contributed by atoms with Crippen LogP contribution >= 0.6 is 0 Å². The predicted molar refractivity (Wildman–Crippen MR) is 101 cm³/mol. The molecule has 1 saturated carbocycles. The van der Waals surface area contributed by atoms with Gasteiger partial charge in [0.05, 0.1) is 13.7 Å². The third kappa shape index (κ3) is 4.60. The van der Waals surface area contributed by atoms with Gasteiger partial charge in [-0.3, -0.25) is 9.59 Å². The quantitative estimate of drug-likeness (QED) is 0.513. The van der Waals surface area contributed by atoms with E-state index in [1.165, 1.54) is 6.07 Å². The van der Waals surface area contributed by atoms with Crippen LogP contribution in [0.1, 0.15) is 18.4 Å². The van der Waals surface area contributed by atoms with E-state index < -0.39 is 5.41 Å². The van der Waals surface area contributed by atoms with Gasteiger partial charge < -0.3 is 20.1 Å². The molecule has 1 aliphatic carbocycles. The van der Waals surface area contributed by atoms with Gasteiger partial charge in [-0.2, -0.15) is 0 Å². The Bertz CT molecular complexity index is 835. The van der Waals surface area contributed by atoms with E-state index in [2.05, 4.69) is 10.6 Å². The van der Waals surface area contributed by atoms with Crippen molar-refractivity contribution in [2.75, 3.05) is 20.3 Å². The van der Waals surface area contributed by atoms with E-state index in [9.17, 15) is 14.0 Å². The fourth-order valence-corrected chi connectivity index (χ4v) is 2.84. The summed E-state index contributed by atoms with van der Waals surface area (Å²) in [7, 11) is 1.59. The molecule has 148 valence electrons. The highest BCUT2D eigenvalue weighted by Crippen LogP contribution is 2.46. The first-order valence-electron chi connectivity index (χ1n) is 9.12. The van der Waals surface area contributed by atoms with Crippen molar-refractivity contribution >= 4 is 11.8 Å². The first-order valence-corrected chi connectivity index (χ1v) is 9.12. The second kappa shape index (κ2) is 8.73. The smallest absolute Gasteiger partial charge is 0.235 e. The molecular formula is C21H23FN2O4. The molecule has 2 N–H and O–H groups in total. The van der Waals surface area contributed by atoms with Crippen LogP contribution in [0.4, 0.5) is 4.39 Å². The molecule has 0 atom stereocenters. The highest BCUT2D eigenvalue weighted by Gasteiger charge is 2.56. The van der Waals surface area contributed by atoms with Crippen LogP contribution in [-0.4, -0.2) is 32.1 Å². The minimum atomic E-state index is -1.05. The molecule has 0 radical (unpaired) electrons. The fraction of sp³-hybridized carbons (Fsp3) is 0.333. The van der Waals surface area contributed by atoms with Gasteiger partial charge in [0.25, 0.3) is 0 Å². The van der Waals surface area contributed by atoms with E-state index in [0.29, 0.717) is 24.2 Å². The Hall–Kier alpha value is -3.09. The van der Waals surface area contributed by atoms with Crippen LogP contribution in [0.5, 0.6) is 11.5 Å². The first kappa shape index (κ1) is 19.7. The number of halogens is 1. The van der Waals surface area contributed by atoms with Crippen LogP contribution in [-0.2, 0) is 16.1 Å². The Balaban J connectivity index is 1.42. The van der Waals surface area contributed by atoms with Gasteiger partial charge in [-0.15, -0.1) is 0 Å². The third-order valence-corrected chi connectivity index (χ3v) is 4.73. The Labute approximate surface area is 163 Å². The second-order valence-corrected chi connectivity index (χ2v) is 6.64. The molecule has 0 heterocycles. The highest BCUT2D eigenvalue weighted by molar-refractivity contribution is 6.07. The van der Waals surface area contributed by atoms with E-state index in [1.807, 2.05) is 0 Å². The lowest BCUT2D eigenvalue weighted by Gasteiger charge is -2.16. The van der Waals surface area contributed by atoms with Gasteiger partial charge in [0, 0.05) is 12.1 Å². The normalized spacial score (nSPS) is 14.1. The van der Waals surface area contributed by atoms with E-state index >= 15 is 0 Å². The van der Waals surface area contributed by atoms with Crippen LogP contribution in [0.25, 0.3) is 0 Å². The number of benzene rings is 2. The maximum atomic E-state index is 13.6. The molecule has 1 fully saturated rings. The summed E-state index contributed by atoms with van der Waals surface area (Å²) in [6.07, 6.45) is 0.975. The number of carbonyl (C=O) groups excluding carboxylic acids is 2. The molecule has 3 rings (SSSR count). The molecule has 0 bridgehead atoms. The summed E-state index contributed by atoms with van der Waals surface area (Å²) in [4.78, 5) is 24.9. The van der Waals surface area contributed by atoms with Crippen molar-refractivity contribution < 1.29 is 23.5 Å². The van der Waals surface area contributed by atoms with Crippen molar-refractivity contribution in [2.24, 2.45) is 5.41 Å². The van der Waals surface area contributed by atoms with Crippen molar-refractivity contribution in [3.63, 3.8) is 0 Å². The second-order valence-electron chi connectivity index (χ2n) is 6.64. The zero-order valence-corrected chi connectivity index (χ0v) is 15.7. The molecule has 2 aromatic carbocycles. The van der Waals surface area contributed by atoms with E-state index in [1.54, 1.807) is 49.6 Å². The van der Waals surface area contributed by atoms with E-state index in [0.717, 1.165) is 5.75 Å². The maximum Gasteiger partial charge on any atom is 0.235 e. The number of rotatable bonds is 9. The standard InChI is InChI=1S/C21H23FN2O4/c1-27-16-6-8-17(9-7-16)28-13-12-23-19(25)21(10-11-21)20(26)24-14-15-4-2-3-5-18(15)22/h2-9H,10-14H2,1H3,(H,23,25)(H,24,26). The number of amides is 2. The van der Waals surface area contributed by atoms with Gasteiger partial charge in [-0.25, -0.2) is 4.39 Å². The van der Waals surface area contributed by atoms with E-state index in [-0.39, 0.29) is 37.3 Å². The lowest BCUT2D eigenvalue weighted by atomic mass is 10.0. The summed E-state index contributed by atoms with van der Waals surface area (Å²) in [5.74, 6) is 0.325. The average Bonchev–Trinajstić information content (AvgIpc) is 3.53. The number of carbonyl (C=O) groups is 2. The minimum absolute atomic E-state index is 0.0567. The topological polar surface area (TPSA) is 76.7 Å². The highest BCUT2D eigenvalue weighted by atomic mass is 19.1. The fourth-order valence-electron chi connectivity index (χ4n) is 2.84. The van der Waals surface area contributed by atoms with Crippen LogP contribution < -0.4 is 20.1 Å². The Morgan fingerprint density at radius 3 is 2.29 bits per heavy atom. The molecule has 0 unspecified atom stereocenters. The van der Waals surface area contributed by atoms with Gasteiger partial charge in [0.2, 0.25) is 11.8 Å². The van der Waals surface area contributed by atoms with Gasteiger partial charge in [-0.05, 0) is 43.2 Å². The summed E-state index contributed by atoms with van der Waals surface area (Å²) in [5, 5.41) is 5.41. The molecule has 0 aliphatic heterocycles. The molecule has 0 spiro atoms. The lowest BCUT2D eigenvalue weighted by molar-refractivity contribution is -0.137. The SMILES string of the molecule is COc1ccc(OCCNC(=O)C2(C(=O)NCc3ccccc3F)CC2)cc1. The van der Waals surface area contributed by atoms with Gasteiger partial charge in [-0.1, -0.05) is 18.2 Å². The zero-order chi connectivity index (χ0) is 20.0. The van der Waals surface area contributed by atoms with Crippen LogP contribution in [0.3, 0.4) is 0 Å². The van der Waals surface area contributed by atoms with E-state index in [4.69, 9.17) is 9.47 Å². The monoisotopic (exact) mass is 386 g/mol. The van der Waals surface area contributed by atoms with Gasteiger partial charge in [0.15, 0.2) is 0 Å². The number of methoxy groups -OCH3 is 1. The zero-order valence-electron chi connectivity index (χ0n) is 15.7. The molecule has 28 heavy (non-hydrogen) atoms. The van der Waals surface area contributed by atoms with Crippen LogP contribution in [0, 0.1) is 11.2 Å². The minimum Gasteiger partial charge on any atom is -0.497 e. The molecule has 0 saturated heterocycles. The molecule has 6 nitrogen and oxygen atoms in total. The number of nitrogens with one attached hydrogen (secondary N) is 2. The molecule has 1 aliphatic rings. The van der Waals surface area contributed by atoms with Crippen LogP contribution in [0.2, 0.25) is 0 Å². The van der Waals surface area contributed by atoms with Crippen molar-refractivity contribution in [1.29, 1.82) is 0 Å². The van der Waals surface area contributed by atoms with Crippen molar-refractivity contribution in [2.45, 2.75) is 19.4 Å². The Morgan fingerprint density at radius 1 is 1.00 bits per heavy atom. The van der Waals surface area contributed by atoms with Gasteiger partial charge >= 0.3 is 0 Å². The molecule has 2 amide bonds. The lowest BCUT2D eigenvalue weighted by Crippen LogP contribution is -2.44. The maximum absolute atomic E-state index is 13.6. The summed E-state index contributed by atoms with van der Waals surface area (Å²) in [6.45, 7) is 0.624. The number of hydrogen-bond donors (Lipinski definition) is 2. The van der Waals surface area contributed by atoms with Crippen molar-refractivity contribution in [3.8, 4) is 11.5 Å².